The second-order valence-electron chi connectivity index (χ2n) is 10.8. The molecule has 13 heavy (non-hydrogen) atoms. The van der Waals surface area contributed by atoms with Gasteiger partial charge in [-0.05, 0) is 0 Å². The van der Waals surface area contributed by atoms with E-state index in [1.54, 1.807) is 43.1 Å². The van der Waals surface area contributed by atoms with Crippen LogP contribution in [0, 0.1) is 0 Å². The van der Waals surface area contributed by atoms with Crippen molar-refractivity contribution in [2.24, 2.45) is 0 Å². The van der Waals surface area contributed by atoms with E-state index in [9.17, 15) is 0 Å². The van der Waals surface area contributed by atoms with Crippen LogP contribution in [0.15, 0.2) is 0 Å². The first-order chi connectivity index (χ1) is 5.16. The van der Waals surface area contributed by atoms with Gasteiger partial charge >= 0.3 is 51.6 Å². The van der Waals surface area contributed by atoms with E-state index in [0.717, 1.165) is 0 Å². The molecule has 0 aromatic heterocycles. The second kappa shape index (κ2) is 0.343. The summed E-state index contributed by atoms with van der Waals surface area (Å²) in [4.78, 5) is 0. The zero-order valence-corrected chi connectivity index (χ0v) is 10.6. The SMILES string of the molecule is Cl.Cl.[CH]12[CH]3[CH]4[CH]5[CH]1[Mo]23451678[CH]2[CH]1[CH]6[CH]7[CH]28. The molecule has 3 heteroatoms. The molecule has 10 fully saturated rings. The van der Waals surface area contributed by atoms with Crippen molar-refractivity contribution >= 4 is 24.8 Å². The van der Waals surface area contributed by atoms with E-state index < -0.39 is 8.55 Å². The van der Waals surface area contributed by atoms with Crippen molar-refractivity contribution in [2.45, 2.75) is 43.1 Å². The molecule has 10 saturated heterocycles. The Morgan fingerprint density at radius 2 is 0.538 bits per heavy atom. The van der Waals surface area contributed by atoms with E-state index in [4.69, 9.17) is 0 Å². The van der Waals surface area contributed by atoms with E-state index in [0.29, 0.717) is 0 Å². The van der Waals surface area contributed by atoms with Crippen molar-refractivity contribution in [1.29, 1.82) is 0 Å². The Hall–Kier alpha value is 1.27. The summed E-state index contributed by atoms with van der Waals surface area (Å²) in [6.07, 6.45) is 0. The van der Waals surface area contributed by atoms with Gasteiger partial charge in [0.1, 0.15) is 0 Å². The molecule has 0 nitrogen and oxygen atoms in total. The first-order valence-electron chi connectivity index (χ1n) is 5.69. The molecule has 0 amide bonds. The van der Waals surface area contributed by atoms with Gasteiger partial charge in [-0.1, -0.05) is 0 Å². The van der Waals surface area contributed by atoms with Crippen molar-refractivity contribution in [2.75, 3.05) is 0 Å². The summed E-state index contributed by atoms with van der Waals surface area (Å²) in [5.74, 6) is 0. The molecule has 0 saturated carbocycles. The summed E-state index contributed by atoms with van der Waals surface area (Å²) in [5.41, 5.74) is 0. The van der Waals surface area contributed by atoms with Crippen molar-refractivity contribution in [3.63, 3.8) is 0 Å². The average Bonchev–Trinajstić information content (AvgIpc) is 3.01. The van der Waals surface area contributed by atoms with Gasteiger partial charge < -0.3 is 0 Å². The summed E-state index contributed by atoms with van der Waals surface area (Å²) in [6.45, 7) is 0. The molecule has 0 aliphatic carbocycles. The Bertz CT molecular complexity index is 580. The first-order valence-corrected chi connectivity index (χ1v) is 17.3. The van der Waals surface area contributed by atoms with Crippen LogP contribution in [0.4, 0.5) is 0 Å². The molecular weight excluding hydrogens is 287 g/mol. The van der Waals surface area contributed by atoms with Gasteiger partial charge in [0.15, 0.2) is 0 Å². The van der Waals surface area contributed by atoms with Gasteiger partial charge in [0.05, 0.1) is 0 Å². The summed E-state index contributed by atoms with van der Waals surface area (Å²) < 4.78 is 16.2. The zero-order valence-electron chi connectivity index (χ0n) is 7.00. The van der Waals surface area contributed by atoms with Crippen LogP contribution in [0.25, 0.3) is 0 Å². The summed E-state index contributed by atoms with van der Waals surface area (Å²) >= 11 is 0. The number of hydrogen-bond acceptors (Lipinski definition) is 0. The molecule has 0 N–H and O–H groups in total. The minimum atomic E-state index is -2.65. The van der Waals surface area contributed by atoms with E-state index in [2.05, 4.69) is 0 Å². The molecular formula is C10H12Cl2Mo. The van der Waals surface area contributed by atoms with Crippen molar-refractivity contribution in [3.8, 4) is 0 Å². The van der Waals surface area contributed by atoms with Crippen molar-refractivity contribution in [1.82, 2.24) is 0 Å². The molecule has 0 aromatic rings. The Morgan fingerprint density at radius 1 is 0.385 bits per heavy atom. The van der Waals surface area contributed by atoms with E-state index in [-0.39, 0.29) is 24.8 Å². The molecule has 10 aliphatic heterocycles. The van der Waals surface area contributed by atoms with Crippen LogP contribution in [0.5, 0.6) is 0 Å². The van der Waals surface area contributed by atoms with Crippen LogP contribution in [0.1, 0.15) is 0 Å². The Morgan fingerprint density at radius 3 is 0.538 bits per heavy atom. The second-order valence-corrected chi connectivity index (χ2v) is 54.3. The van der Waals surface area contributed by atoms with Crippen LogP contribution in [-0.2, 0) is 8.55 Å². The molecule has 0 atom stereocenters. The maximum atomic E-state index is 1.62. The molecule has 0 unspecified atom stereocenters. The molecule has 1 spiro atoms. The monoisotopic (exact) mass is 300 g/mol. The van der Waals surface area contributed by atoms with Gasteiger partial charge in [-0.2, -0.15) is 0 Å². The fourth-order valence-electron chi connectivity index (χ4n) is 18.5. The zero-order chi connectivity index (χ0) is 6.09. The van der Waals surface area contributed by atoms with Gasteiger partial charge in [-0.15, -0.1) is 24.8 Å². The van der Waals surface area contributed by atoms with Gasteiger partial charge in [-0.25, -0.2) is 0 Å². The average molecular weight is 299 g/mol. The molecule has 10 rings (SSSR count). The van der Waals surface area contributed by atoms with Crippen LogP contribution in [-0.4, -0.2) is 0 Å². The summed E-state index contributed by atoms with van der Waals surface area (Å²) in [5, 5.41) is 0. The van der Waals surface area contributed by atoms with Crippen LogP contribution in [0.2, 0.25) is 43.1 Å². The predicted molar refractivity (Wildman–Crippen MR) is 52.0 cm³/mol. The maximum absolute atomic E-state index is 2.65. The van der Waals surface area contributed by atoms with Crippen LogP contribution < -0.4 is 0 Å². The fraction of sp³-hybridized carbons (Fsp3) is 1.00. The molecule has 10 heterocycles. The molecule has 0 aromatic carbocycles. The van der Waals surface area contributed by atoms with Gasteiger partial charge in [0.25, 0.3) is 0 Å². The Kier molecular flexibility index (Phi) is 0.147. The first kappa shape index (κ1) is 5.55. The quantitative estimate of drug-likeness (QED) is 0.588. The van der Waals surface area contributed by atoms with Crippen molar-refractivity contribution < 1.29 is 8.55 Å². The van der Waals surface area contributed by atoms with Gasteiger partial charge in [0.2, 0.25) is 0 Å². The predicted octanol–water partition coefficient (Wildman–Crippen LogP) is 4.22. The molecule has 72 valence electrons. The van der Waals surface area contributed by atoms with E-state index in [1.807, 2.05) is 0 Å². The van der Waals surface area contributed by atoms with Gasteiger partial charge in [-0.3, -0.25) is 0 Å². The van der Waals surface area contributed by atoms with E-state index >= 15 is 0 Å². The Balaban J connectivity index is 0.000000222. The molecule has 0 bridgehead atoms. The summed E-state index contributed by atoms with van der Waals surface area (Å²) in [7, 11) is -2.65. The number of hydrogen-bond donors (Lipinski definition) is 0. The third-order valence-corrected chi connectivity index (χ3v) is 92.8. The van der Waals surface area contributed by atoms with Crippen LogP contribution >= 0.6 is 24.8 Å². The van der Waals surface area contributed by atoms with E-state index in [1.165, 1.54) is 0 Å². The number of fused-ring (bicyclic) bond motifs is 10. The third kappa shape index (κ3) is 0.0416. The number of rotatable bonds is 0. The fourth-order valence-corrected chi connectivity index (χ4v) is 181. The molecule has 10 aliphatic rings. The topological polar surface area (TPSA) is 0 Å². The van der Waals surface area contributed by atoms with Crippen LogP contribution in [0.3, 0.4) is 0 Å². The van der Waals surface area contributed by atoms with Gasteiger partial charge in [0, 0.05) is 0 Å². The standard InChI is InChI=1S/2C5H5.2ClH.Mo/c2*1-2-4-5-3-1;;;/h2*1-5H;2*1H;. The van der Waals surface area contributed by atoms with Crippen molar-refractivity contribution in [3.05, 3.63) is 0 Å². The third-order valence-electron chi connectivity index (χ3n) is 16.6. The normalized spacial score (nSPS) is 145. The number of halogens is 2. The molecule has 0 radical (unpaired) electrons. The minimum absolute atomic E-state index is 0. The summed E-state index contributed by atoms with van der Waals surface area (Å²) in [6, 6.07) is 0. The Labute approximate surface area is 76.1 Å².